The summed E-state index contributed by atoms with van der Waals surface area (Å²) >= 11 is 0. The number of rotatable bonds is 1. The summed E-state index contributed by atoms with van der Waals surface area (Å²) in [7, 11) is 0. The van der Waals surface area contributed by atoms with Crippen molar-refractivity contribution in [3.63, 3.8) is 0 Å². The third-order valence-electron chi connectivity index (χ3n) is 3.85. The second-order valence-electron chi connectivity index (χ2n) is 5.98. The lowest BCUT2D eigenvalue weighted by Crippen LogP contribution is -2.43. The highest BCUT2D eigenvalue weighted by Gasteiger charge is 2.40. The average molecular weight is 257 g/mol. The molecule has 2 aromatic rings. The van der Waals surface area contributed by atoms with Crippen molar-refractivity contribution in [1.82, 2.24) is 4.98 Å². The number of hydrogen-bond acceptors (Lipinski definition) is 3. The molecule has 1 aromatic heterocycles. The van der Waals surface area contributed by atoms with E-state index in [0.717, 1.165) is 16.5 Å². The van der Waals surface area contributed by atoms with Crippen LogP contribution in [0.3, 0.4) is 0 Å². The third kappa shape index (κ3) is 2.36. The molecule has 1 aliphatic rings. The van der Waals surface area contributed by atoms with E-state index in [4.69, 9.17) is 4.74 Å². The van der Waals surface area contributed by atoms with Crippen molar-refractivity contribution in [2.45, 2.75) is 37.9 Å². The predicted octanol–water partition coefficient (Wildman–Crippen LogP) is 3.01. The van der Waals surface area contributed by atoms with E-state index in [0.29, 0.717) is 19.4 Å². The van der Waals surface area contributed by atoms with E-state index in [9.17, 15) is 5.11 Å². The maximum atomic E-state index is 10.9. The Morgan fingerprint density at radius 2 is 2.05 bits per heavy atom. The highest BCUT2D eigenvalue weighted by Crippen LogP contribution is 2.39. The number of aromatic nitrogens is 1. The van der Waals surface area contributed by atoms with Gasteiger partial charge in [-0.25, -0.2) is 0 Å². The first kappa shape index (κ1) is 12.6. The van der Waals surface area contributed by atoms with Crippen molar-refractivity contribution in [2.75, 3.05) is 6.61 Å². The van der Waals surface area contributed by atoms with Crippen LogP contribution in [-0.4, -0.2) is 22.3 Å². The topological polar surface area (TPSA) is 42.4 Å². The van der Waals surface area contributed by atoms with Crippen LogP contribution in [0.5, 0.6) is 0 Å². The monoisotopic (exact) mass is 257 g/mol. The van der Waals surface area contributed by atoms with Gasteiger partial charge >= 0.3 is 0 Å². The molecule has 1 aliphatic heterocycles. The summed E-state index contributed by atoms with van der Waals surface area (Å²) in [6.07, 6.45) is 3.01. The third-order valence-corrected chi connectivity index (χ3v) is 3.85. The first-order valence-corrected chi connectivity index (χ1v) is 6.70. The number of para-hydroxylation sites is 1. The lowest BCUT2D eigenvalue weighted by molar-refractivity contribution is -0.148. The Hall–Kier alpha value is -1.45. The van der Waals surface area contributed by atoms with Crippen molar-refractivity contribution < 1.29 is 9.84 Å². The lowest BCUT2D eigenvalue weighted by atomic mass is 9.79. The van der Waals surface area contributed by atoms with E-state index in [2.05, 4.69) is 4.98 Å². The van der Waals surface area contributed by atoms with Crippen LogP contribution >= 0.6 is 0 Å². The summed E-state index contributed by atoms with van der Waals surface area (Å²) in [6, 6.07) is 10.0. The zero-order valence-corrected chi connectivity index (χ0v) is 11.4. The molecule has 19 heavy (non-hydrogen) atoms. The van der Waals surface area contributed by atoms with Crippen LogP contribution in [0.25, 0.3) is 10.9 Å². The fraction of sp³-hybridized carbons (Fsp3) is 0.438. The fourth-order valence-electron chi connectivity index (χ4n) is 2.91. The lowest BCUT2D eigenvalue weighted by Gasteiger charge is -2.41. The highest BCUT2D eigenvalue weighted by molar-refractivity contribution is 5.78. The van der Waals surface area contributed by atoms with Crippen molar-refractivity contribution in [2.24, 2.45) is 0 Å². The molecule has 0 saturated carbocycles. The van der Waals surface area contributed by atoms with Gasteiger partial charge in [0, 0.05) is 30.0 Å². The normalized spacial score (nSPS) is 26.5. The number of fused-ring (bicyclic) bond motifs is 1. The summed E-state index contributed by atoms with van der Waals surface area (Å²) in [6.45, 7) is 4.62. The van der Waals surface area contributed by atoms with Crippen molar-refractivity contribution in [3.05, 3.63) is 42.1 Å². The van der Waals surface area contributed by atoms with Gasteiger partial charge < -0.3 is 9.84 Å². The molecule has 0 amide bonds. The molecule has 3 nitrogen and oxygen atoms in total. The van der Waals surface area contributed by atoms with Gasteiger partial charge in [0.05, 0.1) is 23.3 Å². The molecule has 0 aliphatic carbocycles. The molecule has 3 rings (SSSR count). The van der Waals surface area contributed by atoms with Crippen LogP contribution in [0.1, 0.15) is 32.3 Å². The van der Waals surface area contributed by atoms with E-state index in [-0.39, 0.29) is 5.60 Å². The Morgan fingerprint density at radius 1 is 1.26 bits per heavy atom. The summed E-state index contributed by atoms with van der Waals surface area (Å²) in [5.41, 5.74) is 0.723. The Balaban J connectivity index is 2.03. The van der Waals surface area contributed by atoms with Crippen LogP contribution in [-0.2, 0) is 10.3 Å². The maximum absolute atomic E-state index is 10.9. The maximum Gasteiger partial charge on any atom is 0.0960 e. The summed E-state index contributed by atoms with van der Waals surface area (Å²) in [5.74, 6) is 0. The number of ether oxygens (including phenoxy) is 1. The molecule has 1 aromatic carbocycles. The van der Waals surface area contributed by atoms with Gasteiger partial charge in [-0.1, -0.05) is 18.2 Å². The fourth-order valence-corrected chi connectivity index (χ4v) is 2.91. The zero-order chi connectivity index (χ0) is 13.5. The van der Waals surface area contributed by atoms with Gasteiger partial charge in [0.1, 0.15) is 0 Å². The van der Waals surface area contributed by atoms with Gasteiger partial charge in [-0.15, -0.1) is 0 Å². The standard InChI is InChI=1S/C16H19NO2/c1-15(2)11-16(18,7-8-19-15)13-9-12-5-3-4-6-14(12)17-10-13/h3-6,9-10,18H,7-8,11H2,1-2H3. The minimum absolute atomic E-state index is 0.293. The summed E-state index contributed by atoms with van der Waals surface area (Å²) in [5, 5.41) is 12.0. The number of aliphatic hydroxyl groups is 1. The molecule has 2 heterocycles. The van der Waals surface area contributed by atoms with Crippen LogP contribution in [0.4, 0.5) is 0 Å². The second-order valence-corrected chi connectivity index (χ2v) is 5.98. The van der Waals surface area contributed by atoms with Gasteiger partial charge in [0.2, 0.25) is 0 Å². The predicted molar refractivity (Wildman–Crippen MR) is 74.9 cm³/mol. The summed E-state index contributed by atoms with van der Waals surface area (Å²) in [4.78, 5) is 4.45. The number of nitrogens with zero attached hydrogens (tertiary/aromatic N) is 1. The van der Waals surface area contributed by atoms with Crippen LogP contribution in [0.2, 0.25) is 0 Å². The number of pyridine rings is 1. The van der Waals surface area contributed by atoms with Gasteiger partial charge in [-0.2, -0.15) is 0 Å². The Bertz CT molecular complexity index is 608. The molecule has 3 heteroatoms. The molecule has 1 N–H and O–H groups in total. The number of hydrogen-bond donors (Lipinski definition) is 1. The van der Waals surface area contributed by atoms with Gasteiger partial charge in [0.15, 0.2) is 0 Å². The Labute approximate surface area is 113 Å². The average Bonchev–Trinajstić information content (AvgIpc) is 2.36. The molecule has 1 unspecified atom stereocenters. The second kappa shape index (κ2) is 4.29. The van der Waals surface area contributed by atoms with E-state index in [1.165, 1.54) is 0 Å². The van der Waals surface area contributed by atoms with E-state index in [1.54, 1.807) is 6.20 Å². The molecule has 100 valence electrons. The Kier molecular flexibility index (Phi) is 2.84. The molecule has 0 bridgehead atoms. The van der Waals surface area contributed by atoms with E-state index in [1.807, 2.05) is 44.2 Å². The zero-order valence-electron chi connectivity index (χ0n) is 11.4. The smallest absolute Gasteiger partial charge is 0.0960 e. The molecule has 0 spiro atoms. The van der Waals surface area contributed by atoms with E-state index < -0.39 is 5.60 Å². The molecule has 1 fully saturated rings. The quantitative estimate of drug-likeness (QED) is 0.854. The molecular formula is C16H19NO2. The minimum atomic E-state index is -0.835. The molecule has 1 saturated heterocycles. The van der Waals surface area contributed by atoms with E-state index >= 15 is 0 Å². The van der Waals surface area contributed by atoms with Crippen molar-refractivity contribution in [3.8, 4) is 0 Å². The minimum Gasteiger partial charge on any atom is -0.385 e. The molecular weight excluding hydrogens is 238 g/mol. The van der Waals surface area contributed by atoms with Crippen LogP contribution in [0.15, 0.2) is 36.5 Å². The van der Waals surface area contributed by atoms with Gasteiger partial charge in [0.25, 0.3) is 0 Å². The molecule has 0 radical (unpaired) electrons. The van der Waals surface area contributed by atoms with Crippen LogP contribution in [0, 0.1) is 0 Å². The Morgan fingerprint density at radius 3 is 2.84 bits per heavy atom. The first-order valence-electron chi connectivity index (χ1n) is 6.70. The first-order chi connectivity index (χ1) is 8.99. The van der Waals surface area contributed by atoms with Gasteiger partial charge in [-0.3, -0.25) is 4.98 Å². The summed E-state index contributed by atoms with van der Waals surface area (Å²) < 4.78 is 5.69. The van der Waals surface area contributed by atoms with Crippen molar-refractivity contribution >= 4 is 10.9 Å². The largest absolute Gasteiger partial charge is 0.385 e. The van der Waals surface area contributed by atoms with Gasteiger partial charge in [-0.05, 0) is 26.0 Å². The number of benzene rings is 1. The van der Waals surface area contributed by atoms with Crippen molar-refractivity contribution in [1.29, 1.82) is 0 Å². The SMILES string of the molecule is CC1(C)CC(O)(c2cnc3ccccc3c2)CCO1. The highest BCUT2D eigenvalue weighted by atomic mass is 16.5. The molecule has 1 atom stereocenters. The van der Waals surface area contributed by atoms with Crippen LogP contribution < -0.4 is 0 Å².